The summed E-state index contributed by atoms with van der Waals surface area (Å²) in [4.78, 5) is 16.8. The highest BCUT2D eigenvalue weighted by Gasteiger charge is 2.39. The van der Waals surface area contributed by atoms with Crippen molar-refractivity contribution < 1.29 is 9.53 Å². The molecule has 0 bridgehead atoms. The molecular formula is C15H26N4O2. The van der Waals surface area contributed by atoms with E-state index in [1.54, 1.807) is 0 Å². The van der Waals surface area contributed by atoms with Gasteiger partial charge in [-0.25, -0.2) is 9.78 Å². The van der Waals surface area contributed by atoms with E-state index >= 15 is 0 Å². The fraction of sp³-hybridized carbons (Fsp3) is 0.733. The van der Waals surface area contributed by atoms with Crippen molar-refractivity contribution in [3.05, 3.63) is 17.7 Å². The molecule has 1 fully saturated rings. The van der Waals surface area contributed by atoms with Crippen LogP contribution in [0.2, 0.25) is 0 Å². The molecule has 2 rings (SSSR count). The predicted octanol–water partition coefficient (Wildman–Crippen LogP) is 1.83. The van der Waals surface area contributed by atoms with Crippen molar-refractivity contribution in [3.63, 3.8) is 0 Å². The predicted molar refractivity (Wildman–Crippen MR) is 81.1 cm³/mol. The van der Waals surface area contributed by atoms with Gasteiger partial charge in [0.15, 0.2) is 0 Å². The summed E-state index contributed by atoms with van der Waals surface area (Å²) in [5, 5.41) is 6.40. The van der Waals surface area contributed by atoms with Gasteiger partial charge in [-0.1, -0.05) is 0 Å². The average Bonchev–Trinajstić information content (AvgIpc) is 2.69. The minimum absolute atomic E-state index is 0.394. The van der Waals surface area contributed by atoms with Crippen molar-refractivity contribution >= 4 is 6.09 Å². The molecule has 1 aromatic heterocycles. The molecule has 21 heavy (non-hydrogen) atoms. The average molecular weight is 294 g/mol. The molecule has 1 aliphatic heterocycles. The van der Waals surface area contributed by atoms with E-state index in [9.17, 15) is 4.79 Å². The number of imidazole rings is 1. The maximum absolute atomic E-state index is 12.2. The zero-order valence-electron chi connectivity index (χ0n) is 13.6. The zero-order valence-corrected chi connectivity index (χ0v) is 13.6. The summed E-state index contributed by atoms with van der Waals surface area (Å²) in [6.45, 7) is 9.18. The first-order valence-electron chi connectivity index (χ1n) is 7.44. The third-order valence-corrected chi connectivity index (χ3v) is 3.72. The van der Waals surface area contributed by atoms with Gasteiger partial charge >= 0.3 is 6.09 Å². The Bertz CT molecular complexity index is 491. The standard InChI is InChI=1S/C15H26N4O2/c1-11-17-12(9-19(11)5)15(7-6-8-16-10-15)18-13(20)21-14(2,3)4/h9,16H,6-8,10H2,1-5H3,(H,18,20). The van der Waals surface area contributed by atoms with Crippen LogP contribution in [0.5, 0.6) is 0 Å². The summed E-state index contributed by atoms with van der Waals surface area (Å²) in [7, 11) is 1.96. The van der Waals surface area contributed by atoms with E-state index in [0.717, 1.165) is 30.9 Å². The third kappa shape index (κ3) is 3.75. The molecule has 0 radical (unpaired) electrons. The molecule has 0 saturated carbocycles. The maximum atomic E-state index is 12.2. The van der Waals surface area contributed by atoms with Gasteiger partial charge in [0.05, 0.1) is 11.2 Å². The molecule has 1 atom stereocenters. The highest BCUT2D eigenvalue weighted by molar-refractivity contribution is 5.69. The van der Waals surface area contributed by atoms with Crippen LogP contribution in [0, 0.1) is 6.92 Å². The molecule has 2 heterocycles. The van der Waals surface area contributed by atoms with Crippen LogP contribution in [0.25, 0.3) is 0 Å². The van der Waals surface area contributed by atoms with Crippen LogP contribution in [0.3, 0.4) is 0 Å². The summed E-state index contributed by atoms with van der Waals surface area (Å²) < 4.78 is 7.39. The first-order chi connectivity index (χ1) is 9.72. The molecule has 1 aromatic rings. The molecule has 1 amide bonds. The summed E-state index contributed by atoms with van der Waals surface area (Å²) in [5.74, 6) is 0.931. The molecule has 1 saturated heterocycles. The van der Waals surface area contributed by atoms with Crippen LogP contribution in [0.15, 0.2) is 6.20 Å². The number of ether oxygens (including phenoxy) is 1. The number of hydrogen-bond acceptors (Lipinski definition) is 4. The largest absolute Gasteiger partial charge is 0.444 e. The summed E-state index contributed by atoms with van der Waals surface area (Å²) in [5.41, 5.74) is -0.111. The lowest BCUT2D eigenvalue weighted by molar-refractivity contribution is 0.0427. The van der Waals surface area contributed by atoms with Gasteiger partial charge in [0, 0.05) is 19.8 Å². The molecular weight excluding hydrogens is 268 g/mol. The molecule has 1 unspecified atom stereocenters. The van der Waals surface area contributed by atoms with Gasteiger partial charge < -0.3 is 19.9 Å². The van der Waals surface area contributed by atoms with Crippen molar-refractivity contribution in [3.8, 4) is 0 Å². The highest BCUT2D eigenvalue weighted by Crippen LogP contribution is 2.28. The van der Waals surface area contributed by atoms with Crippen LogP contribution in [-0.2, 0) is 17.3 Å². The van der Waals surface area contributed by atoms with Gasteiger partial charge in [-0.2, -0.15) is 0 Å². The monoisotopic (exact) mass is 294 g/mol. The maximum Gasteiger partial charge on any atom is 0.408 e. The Balaban J connectivity index is 2.23. The molecule has 6 nitrogen and oxygen atoms in total. The van der Waals surface area contributed by atoms with E-state index in [0.29, 0.717) is 6.54 Å². The Morgan fingerprint density at radius 1 is 1.52 bits per heavy atom. The van der Waals surface area contributed by atoms with Gasteiger partial charge in [-0.3, -0.25) is 0 Å². The number of carbonyl (C=O) groups excluding carboxylic acids is 1. The number of carbonyl (C=O) groups is 1. The topological polar surface area (TPSA) is 68.2 Å². The lowest BCUT2D eigenvalue weighted by Crippen LogP contribution is -2.56. The van der Waals surface area contributed by atoms with E-state index in [-0.39, 0.29) is 0 Å². The number of aromatic nitrogens is 2. The van der Waals surface area contributed by atoms with E-state index in [1.165, 1.54) is 0 Å². The number of hydrogen-bond donors (Lipinski definition) is 2. The van der Waals surface area contributed by atoms with Gasteiger partial charge in [-0.05, 0) is 47.1 Å². The summed E-state index contributed by atoms with van der Waals surface area (Å²) >= 11 is 0. The van der Waals surface area contributed by atoms with Crippen LogP contribution >= 0.6 is 0 Å². The summed E-state index contributed by atoms with van der Waals surface area (Å²) in [6, 6.07) is 0. The first kappa shape index (κ1) is 15.8. The van der Waals surface area contributed by atoms with Gasteiger partial charge in [0.25, 0.3) is 0 Å². The van der Waals surface area contributed by atoms with Gasteiger partial charge in [0.2, 0.25) is 0 Å². The number of alkyl carbamates (subject to hydrolysis) is 1. The Hall–Kier alpha value is -1.56. The fourth-order valence-electron chi connectivity index (χ4n) is 2.58. The quantitative estimate of drug-likeness (QED) is 0.873. The van der Waals surface area contributed by atoms with Crippen LogP contribution < -0.4 is 10.6 Å². The summed E-state index contributed by atoms with van der Waals surface area (Å²) in [6.07, 6.45) is 3.44. The zero-order chi connectivity index (χ0) is 15.7. The van der Waals surface area contributed by atoms with E-state index in [2.05, 4.69) is 15.6 Å². The van der Waals surface area contributed by atoms with Crippen molar-refractivity contribution in [1.82, 2.24) is 20.2 Å². The second-order valence-electron chi connectivity index (χ2n) is 6.77. The molecule has 0 spiro atoms. The molecule has 0 aromatic carbocycles. The SMILES string of the molecule is Cc1nc(C2(NC(=O)OC(C)(C)C)CCCNC2)cn1C. The van der Waals surface area contributed by atoms with Crippen molar-refractivity contribution in [2.24, 2.45) is 7.05 Å². The number of piperidine rings is 1. The minimum atomic E-state index is -0.507. The van der Waals surface area contributed by atoms with Gasteiger partial charge in [0.1, 0.15) is 11.4 Å². The number of amides is 1. The number of aryl methyl sites for hydroxylation is 2. The van der Waals surface area contributed by atoms with Crippen LogP contribution in [0.4, 0.5) is 4.79 Å². The lowest BCUT2D eigenvalue weighted by atomic mass is 9.87. The van der Waals surface area contributed by atoms with Crippen LogP contribution in [0.1, 0.15) is 45.1 Å². The fourth-order valence-corrected chi connectivity index (χ4v) is 2.58. The van der Waals surface area contributed by atoms with E-state index in [4.69, 9.17) is 4.74 Å². The minimum Gasteiger partial charge on any atom is -0.444 e. The van der Waals surface area contributed by atoms with E-state index in [1.807, 2.05) is 45.5 Å². The third-order valence-electron chi connectivity index (χ3n) is 3.72. The number of nitrogens with zero attached hydrogens (tertiary/aromatic N) is 2. The second-order valence-corrected chi connectivity index (χ2v) is 6.77. The Morgan fingerprint density at radius 2 is 2.24 bits per heavy atom. The van der Waals surface area contributed by atoms with Gasteiger partial charge in [-0.15, -0.1) is 0 Å². The Kier molecular flexibility index (Phi) is 4.27. The van der Waals surface area contributed by atoms with Crippen molar-refractivity contribution in [1.29, 1.82) is 0 Å². The number of rotatable bonds is 2. The molecule has 6 heteroatoms. The smallest absolute Gasteiger partial charge is 0.408 e. The second kappa shape index (κ2) is 5.67. The highest BCUT2D eigenvalue weighted by atomic mass is 16.6. The Morgan fingerprint density at radius 3 is 2.71 bits per heavy atom. The van der Waals surface area contributed by atoms with Crippen molar-refractivity contribution in [2.45, 2.75) is 51.7 Å². The molecule has 0 aliphatic carbocycles. The first-order valence-corrected chi connectivity index (χ1v) is 7.44. The normalized spacial score (nSPS) is 22.9. The lowest BCUT2D eigenvalue weighted by Gasteiger charge is -2.37. The van der Waals surface area contributed by atoms with Crippen molar-refractivity contribution in [2.75, 3.05) is 13.1 Å². The Labute approximate surface area is 126 Å². The molecule has 118 valence electrons. The molecule has 2 N–H and O–H groups in total. The molecule has 1 aliphatic rings. The van der Waals surface area contributed by atoms with Crippen LogP contribution in [-0.4, -0.2) is 34.3 Å². The van der Waals surface area contributed by atoms with E-state index < -0.39 is 17.2 Å². The number of nitrogens with one attached hydrogen (secondary N) is 2.